The van der Waals surface area contributed by atoms with Gasteiger partial charge in [-0.25, -0.2) is 4.98 Å². The molecule has 0 aliphatic carbocycles. The van der Waals surface area contributed by atoms with Crippen LogP contribution in [0, 0.1) is 0 Å². The van der Waals surface area contributed by atoms with Gasteiger partial charge in [0.15, 0.2) is 0 Å². The van der Waals surface area contributed by atoms with Crippen molar-refractivity contribution in [3.63, 3.8) is 0 Å². The van der Waals surface area contributed by atoms with Crippen molar-refractivity contribution >= 4 is 21.6 Å². The summed E-state index contributed by atoms with van der Waals surface area (Å²) in [6.45, 7) is 7.15. The molecule has 0 unspecified atom stereocenters. The highest BCUT2D eigenvalue weighted by Gasteiger charge is 2.13. The Balaban J connectivity index is 1.92. The molecule has 108 valence electrons. The third-order valence-corrected chi connectivity index (χ3v) is 4.50. The molecule has 3 nitrogen and oxygen atoms in total. The molecule has 0 saturated carbocycles. The summed E-state index contributed by atoms with van der Waals surface area (Å²) in [6, 6.07) is 10.3. The molecule has 0 N–H and O–H groups in total. The van der Waals surface area contributed by atoms with Crippen LogP contribution in [0.2, 0.25) is 0 Å². The van der Waals surface area contributed by atoms with Crippen LogP contribution in [0.4, 0.5) is 0 Å². The van der Waals surface area contributed by atoms with Crippen molar-refractivity contribution in [1.29, 1.82) is 0 Å². The Labute approximate surface area is 127 Å². The maximum Gasteiger partial charge on any atom is 0.271 e. The second-order valence-corrected chi connectivity index (χ2v) is 7.18. The summed E-state index contributed by atoms with van der Waals surface area (Å²) < 4.78 is 2.40. The highest BCUT2D eigenvalue weighted by atomic mass is 32.1. The van der Waals surface area contributed by atoms with Gasteiger partial charge in [0.25, 0.3) is 5.56 Å². The minimum absolute atomic E-state index is 0.0369. The molecule has 0 aliphatic rings. The van der Waals surface area contributed by atoms with Crippen molar-refractivity contribution in [3.05, 3.63) is 63.5 Å². The first-order valence-electron chi connectivity index (χ1n) is 6.97. The molecular weight excluding hydrogens is 280 g/mol. The van der Waals surface area contributed by atoms with Crippen LogP contribution in [0.3, 0.4) is 0 Å². The van der Waals surface area contributed by atoms with E-state index in [1.807, 2.05) is 11.4 Å². The maximum atomic E-state index is 12.4. The van der Waals surface area contributed by atoms with E-state index in [9.17, 15) is 4.79 Å². The van der Waals surface area contributed by atoms with Crippen molar-refractivity contribution in [3.8, 4) is 0 Å². The van der Waals surface area contributed by atoms with Gasteiger partial charge in [0.1, 0.15) is 4.70 Å². The van der Waals surface area contributed by atoms with Crippen LogP contribution < -0.4 is 5.56 Å². The number of thiophene rings is 1. The van der Waals surface area contributed by atoms with Crippen LogP contribution in [-0.4, -0.2) is 9.55 Å². The predicted molar refractivity (Wildman–Crippen MR) is 88.1 cm³/mol. The molecular formula is C17H18N2OS. The van der Waals surface area contributed by atoms with E-state index in [0.717, 1.165) is 15.8 Å². The van der Waals surface area contributed by atoms with Crippen LogP contribution in [0.25, 0.3) is 10.2 Å². The van der Waals surface area contributed by atoms with Crippen LogP contribution in [0.5, 0.6) is 0 Å². The Morgan fingerprint density at radius 1 is 1.14 bits per heavy atom. The highest BCUT2D eigenvalue weighted by molar-refractivity contribution is 7.17. The molecule has 0 atom stereocenters. The number of fused-ring (bicyclic) bond motifs is 1. The molecule has 4 heteroatoms. The Morgan fingerprint density at radius 2 is 1.86 bits per heavy atom. The first-order valence-corrected chi connectivity index (χ1v) is 7.85. The van der Waals surface area contributed by atoms with Gasteiger partial charge in [-0.3, -0.25) is 9.36 Å². The lowest BCUT2D eigenvalue weighted by atomic mass is 9.87. The fourth-order valence-corrected chi connectivity index (χ4v) is 3.09. The number of aromatic nitrogens is 2. The topological polar surface area (TPSA) is 34.9 Å². The Hall–Kier alpha value is -1.94. The van der Waals surface area contributed by atoms with E-state index >= 15 is 0 Å². The van der Waals surface area contributed by atoms with Crippen LogP contribution in [0.1, 0.15) is 31.9 Å². The third-order valence-electron chi connectivity index (χ3n) is 3.61. The average molecular weight is 298 g/mol. The molecule has 21 heavy (non-hydrogen) atoms. The summed E-state index contributed by atoms with van der Waals surface area (Å²) >= 11 is 1.45. The lowest BCUT2D eigenvalue weighted by Crippen LogP contribution is -2.20. The molecule has 2 aromatic heterocycles. The zero-order valence-electron chi connectivity index (χ0n) is 12.5. The number of hydrogen-bond acceptors (Lipinski definition) is 3. The minimum Gasteiger partial charge on any atom is -0.294 e. The van der Waals surface area contributed by atoms with Gasteiger partial charge in [-0.05, 0) is 28.0 Å². The molecule has 2 heterocycles. The van der Waals surface area contributed by atoms with Gasteiger partial charge in [-0.2, -0.15) is 0 Å². The number of benzene rings is 1. The highest BCUT2D eigenvalue weighted by Crippen LogP contribution is 2.22. The van der Waals surface area contributed by atoms with Crippen molar-refractivity contribution in [1.82, 2.24) is 9.55 Å². The molecule has 0 fully saturated rings. The van der Waals surface area contributed by atoms with E-state index in [1.165, 1.54) is 16.9 Å². The predicted octanol–water partition coefficient (Wildman–Crippen LogP) is 3.80. The van der Waals surface area contributed by atoms with Crippen molar-refractivity contribution in [2.45, 2.75) is 32.7 Å². The third kappa shape index (κ3) is 2.76. The second kappa shape index (κ2) is 5.11. The summed E-state index contributed by atoms with van der Waals surface area (Å²) in [6.07, 6.45) is 1.63. The quantitative estimate of drug-likeness (QED) is 0.721. The normalized spacial score (nSPS) is 12.0. The molecule has 0 aliphatic heterocycles. The van der Waals surface area contributed by atoms with Gasteiger partial charge in [0.2, 0.25) is 0 Å². The maximum absolute atomic E-state index is 12.4. The minimum atomic E-state index is 0.0369. The van der Waals surface area contributed by atoms with Gasteiger partial charge in [0, 0.05) is 0 Å². The average Bonchev–Trinajstić information content (AvgIpc) is 2.91. The van der Waals surface area contributed by atoms with E-state index in [4.69, 9.17) is 0 Å². The lowest BCUT2D eigenvalue weighted by Gasteiger charge is -2.19. The number of nitrogens with zero attached hydrogens (tertiary/aromatic N) is 2. The molecule has 0 spiro atoms. The molecule has 0 bridgehead atoms. The zero-order valence-corrected chi connectivity index (χ0v) is 13.3. The summed E-state index contributed by atoms with van der Waals surface area (Å²) in [4.78, 5) is 16.7. The Kier molecular flexibility index (Phi) is 3.41. The van der Waals surface area contributed by atoms with Gasteiger partial charge < -0.3 is 0 Å². The molecule has 0 amide bonds. The first kappa shape index (κ1) is 14.0. The molecule has 0 saturated heterocycles. The zero-order chi connectivity index (χ0) is 15.0. The summed E-state index contributed by atoms with van der Waals surface area (Å²) in [5.74, 6) is 0. The fourth-order valence-electron chi connectivity index (χ4n) is 2.30. The van der Waals surface area contributed by atoms with Crippen molar-refractivity contribution < 1.29 is 0 Å². The van der Waals surface area contributed by atoms with E-state index in [2.05, 4.69) is 50.0 Å². The standard InChI is InChI=1S/C17H18N2OS/c1-17(2,3)13-6-4-12(5-7-13)10-19-11-18-14-8-9-21-15(14)16(19)20/h4-9,11H,10H2,1-3H3. The van der Waals surface area contributed by atoms with Crippen LogP contribution in [-0.2, 0) is 12.0 Å². The van der Waals surface area contributed by atoms with E-state index in [1.54, 1.807) is 10.9 Å². The molecule has 1 aromatic carbocycles. The Morgan fingerprint density at radius 3 is 2.52 bits per heavy atom. The largest absolute Gasteiger partial charge is 0.294 e. The van der Waals surface area contributed by atoms with Crippen molar-refractivity contribution in [2.24, 2.45) is 0 Å². The van der Waals surface area contributed by atoms with Crippen LogP contribution in [0.15, 0.2) is 46.8 Å². The lowest BCUT2D eigenvalue weighted by molar-refractivity contribution is 0.589. The van der Waals surface area contributed by atoms with Crippen molar-refractivity contribution in [2.75, 3.05) is 0 Å². The molecule has 0 radical (unpaired) electrons. The molecule has 3 rings (SSSR count). The van der Waals surface area contributed by atoms with Gasteiger partial charge in [-0.1, -0.05) is 45.0 Å². The fraction of sp³-hybridized carbons (Fsp3) is 0.294. The number of hydrogen-bond donors (Lipinski definition) is 0. The summed E-state index contributed by atoms with van der Waals surface area (Å²) in [7, 11) is 0. The number of rotatable bonds is 2. The van der Waals surface area contributed by atoms with Crippen LogP contribution >= 0.6 is 11.3 Å². The monoisotopic (exact) mass is 298 g/mol. The van der Waals surface area contributed by atoms with E-state index < -0.39 is 0 Å². The smallest absolute Gasteiger partial charge is 0.271 e. The summed E-state index contributed by atoms with van der Waals surface area (Å²) in [5, 5.41) is 1.90. The van der Waals surface area contributed by atoms with Gasteiger partial charge >= 0.3 is 0 Å². The molecule has 3 aromatic rings. The van der Waals surface area contributed by atoms with E-state index in [-0.39, 0.29) is 11.0 Å². The second-order valence-electron chi connectivity index (χ2n) is 6.26. The SMILES string of the molecule is CC(C)(C)c1ccc(Cn2cnc3ccsc3c2=O)cc1. The summed E-state index contributed by atoms with van der Waals surface area (Å²) in [5.41, 5.74) is 3.37. The van der Waals surface area contributed by atoms with Gasteiger partial charge in [0.05, 0.1) is 18.4 Å². The Bertz CT molecular complexity index is 822. The first-order chi connectivity index (χ1) is 9.95. The van der Waals surface area contributed by atoms with Gasteiger partial charge in [-0.15, -0.1) is 11.3 Å². The van der Waals surface area contributed by atoms with E-state index in [0.29, 0.717) is 6.54 Å².